The van der Waals surface area contributed by atoms with Gasteiger partial charge in [0.15, 0.2) is 0 Å². The first-order chi connectivity index (χ1) is 8.02. The molecule has 1 aromatic rings. The molecule has 0 spiro atoms. The molecule has 0 saturated heterocycles. The lowest BCUT2D eigenvalue weighted by atomic mass is 10.0. The smallest absolute Gasteiger partial charge is 0.305 e. The van der Waals surface area contributed by atoms with Gasteiger partial charge >= 0.3 is 5.97 Å². The van der Waals surface area contributed by atoms with Crippen LogP contribution in [0, 0.1) is 11.6 Å². The lowest BCUT2D eigenvalue weighted by Gasteiger charge is -2.17. The molecule has 0 radical (unpaired) electrons. The minimum atomic E-state index is -1.01. The van der Waals surface area contributed by atoms with Gasteiger partial charge in [-0.25, -0.2) is 8.78 Å². The first-order valence-corrected chi connectivity index (χ1v) is 5.44. The summed E-state index contributed by atoms with van der Waals surface area (Å²) in [6, 6.07) is 2.50. The largest absolute Gasteiger partial charge is 0.481 e. The van der Waals surface area contributed by atoms with E-state index in [0.29, 0.717) is 12.1 Å². The highest BCUT2D eigenvalue weighted by Crippen LogP contribution is 2.19. The van der Waals surface area contributed by atoms with Crippen LogP contribution < -0.4 is 5.32 Å². The van der Waals surface area contributed by atoms with Crippen molar-refractivity contribution in [3.63, 3.8) is 0 Å². The van der Waals surface area contributed by atoms with Crippen molar-refractivity contribution in [1.29, 1.82) is 0 Å². The number of carboxylic acid groups (broad SMARTS) is 1. The van der Waals surface area contributed by atoms with Gasteiger partial charge in [-0.2, -0.15) is 0 Å². The average Bonchev–Trinajstić information content (AvgIpc) is 2.22. The topological polar surface area (TPSA) is 49.3 Å². The molecule has 0 heterocycles. The molecule has 0 aliphatic heterocycles. The zero-order chi connectivity index (χ0) is 12.8. The highest BCUT2D eigenvalue weighted by molar-refractivity contribution is 5.67. The van der Waals surface area contributed by atoms with Crippen molar-refractivity contribution in [1.82, 2.24) is 5.32 Å². The van der Waals surface area contributed by atoms with Crippen molar-refractivity contribution >= 4 is 5.97 Å². The number of hydrogen-bond donors (Lipinski definition) is 2. The molecular formula is C12H15F2NO2. The van der Waals surface area contributed by atoms with Gasteiger partial charge in [0.1, 0.15) is 11.6 Å². The zero-order valence-electron chi connectivity index (χ0n) is 9.54. The minimum Gasteiger partial charge on any atom is -0.481 e. The fourth-order valence-electron chi connectivity index (χ4n) is 1.58. The predicted molar refractivity (Wildman–Crippen MR) is 59.6 cm³/mol. The van der Waals surface area contributed by atoms with E-state index in [0.717, 1.165) is 24.6 Å². The van der Waals surface area contributed by atoms with Crippen molar-refractivity contribution in [2.24, 2.45) is 0 Å². The Morgan fingerprint density at radius 2 is 1.94 bits per heavy atom. The van der Waals surface area contributed by atoms with E-state index < -0.39 is 23.6 Å². The van der Waals surface area contributed by atoms with E-state index in [4.69, 9.17) is 5.11 Å². The van der Waals surface area contributed by atoms with E-state index in [1.165, 1.54) is 0 Å². The maximum absolute atomic E-state index is 13.0. The molecule has 3 nitrogen and oxygen atoms in total. The Labute approximate surface area is 98.5 Å². The second-order valence-electron chi connectivity index (χ2n) is 3.81. The van der Waals surface area contributed by atoms with Gasteiger partial charge < -0.3 is 10.4 Å². The molecule has 0 aromatic heterocycles. The molecular weight excluding hydrogens is 228 g/mol. The number of halogens is 2. The summed E-state index contributed by atoms with van der Waals surface area (Å²) in [5.41, 5.74) is 0.318. The van der Waals surface area contributed by atoms with Crippen molar-refractivity contribution in [3.05, 3.63) is 35.4 Å². The summed E-state index contributed by atoms with van der Waals surface area (Å²) in [5, 5.41) is 11.7. The van der Waals surface area contributed by atoms with Crippen LogP contribution in [0.3, 0.4) is 0 Å². The van der Waals surface area contributed by atoms with E-state index in [1.54, 1.807) is 0 Å². The van der Waals surface area contributed by atoms with Gasteiger partial charge in [-0.15, -0.1) is 0 Å². The van der Waals surface area contributed by atoms with Gasteiger partial charge in [0.2, 0.25) is 0 Å². The molecule has 0 aliphatic carbocycles. The van der Waals surface area contributed by atoms with E-state index >= 15 is 0 Å². The fourth-order valence-corrected chi connectivity index (χ4v) is 1.58. The lowest BCUT2D eigenvalue weighted by molar-refractivity contribution is -0.137. The standard InChI is InChI=1S/C12H15F2NO2/c1-2-3-15-11(7-12(16)17)8-4-9(13)6-10(14)5-8/h4-6,11,15H,2-3,7H2,1H3,(H,16,17). The third kappa shape index (κ3) is 4.48. The molecule has 0 amide bonds. The Morgan fingerprint density at radius 1 is 1.35 bits per heavy atom. The summed E-state index contributed by atoms with van der Waals surface area (Å²) < 4.78 is 26.1. The quantitative estimate of drug-likeness (QED) is 0.807. The van der Waals surface area contributed by atoms with Crippen LogP contribution in [0.25, 0.3) is 0 Å². The molecule has 1 rings (SSSR count). The first-order valence-electron chi connectivity index (χ1n) is 5.44. The molecule has 0 fully saturated rings. The molecule has 0 saturated carbocycles. The molecule has 0 aliphatic rings. The molecule has 2 N–H and O–H groups in total. The SMILES string of the molecule is CCCNC(CC(=O)O)c1cc(F)cc(F)c1. The molecule has 17 heavy (non-hydrogen) atoms. The van der Waals surface area contributed by atoms with Crippen molar-refractivity contribution in [2.75, 3.05) is 6.54 Å². The summed E-state index contributed by atoms with van der Waals surface area (Å²) in [7, 11) is 0. The summed E-state index contributed by atoms with van der Waals surface area (Å²) in [6.45, 7) is 2.52. The third-order valence-electron chi connectivity index (χ3n) is 2.31. The van der Waals surface area contributed by atoms with Gasteiger partial charge in [-0.05, 0) is 30.7 Å². The number of carbonyl (C=O) groups is 1. The van der Waals surface area contributed by atoms with Crippen molar-refractivity contribution < 1.29 is 18.7 Å². The molecule has 1 aromatic carbocycles. The Balaban J connectivity index is 2.90. The number of benzene rings is 1. The summed E-state index contributed by atoms with van der Waals surface area (Å²) >= 11 is 0. The van der Waals surface area contributed by atoms with Crippen molar-refractivity contribution in [2.45, 2.75) is 25.8 Å². The number of rotatable bonds is 6. The maximum Gasteiger partial charge on any atom is 0.305 e. The van der Waals surface area contributed by atoms with Gasteiger partial charge in [-0.1, -0.05) is 6.92 Å². The van der Waals surface area contributed by atoms with E-state index in [-0.39, 0.29) is 6.42 Å². The van der Waals surface area contributed by atoms with Crippen molar-refractivity contribution in [3.8, 4) is 0 Å². The number of hydrogen-bond acceptors (Lipinski definition) is 2. The van der Waals surface area contributed by atoms with Crippen LogP contribution in [-0.2, 0) is 4.79 Å². The average molecular weight is 243 g/mol. The van der Waals surface area contributed by atoms with E-state index in [9.17, 15) is 13.6 Å². The van der Waals surface area contributed by atoms with E-state index in [2.05, 4.69) is 5.32 Å². The van der Waals surface area contributed by atoms with Crippen LogP contribution in [0.4, 0.5) is 8.78 Å². The monoisotopic (exact) mass is 243 g/mol. The second kappa shape index (κ2) is 6.30. The van der Waals surface area contributed by atoms with Crippen LogP contribution >= 0.6 is 0 Å². The fraction of sp³-hybridized carbons (Fsp3) is 0.417. The molecule has 1 atom stereocenters. The van der Waals surface area contributed by atoms with Crippen LogP contribution in [-0.4, -0.2) is 17.6 Å². The summed E-state index contributed by atoms with van der Waals surface area (Å²) in [6.07, 6.45) is 0.608. The van der Waals surface area contributed by atoms with Gasteiger partial charge in [0.25, 0.3) is 0 Å². The Hall–Kier alpha value is -1.49. The highest BCUT2D eigenvalue weighted by atomic mass is 19.1. The number of nitrogens with one attached hydrogen (secondary N) is 1. The molecule has 94 valence electrons. The third-order valence-corrected chi connectivity index (χ3v) is 2.31. The van der Waals surface area contributed by atoms with Crippen LogP contribution in [0.2, 0.25) is 0 Å². The van der Waals surface area contributed by atoms with E-state index in [1.807, 2.05) is 6.92 Å². The predicted octanol–water partition coefficient (Wildman–Crippen LogP) is 2.48. The van der Waals surface area contributed by atoms with Crippen LogP contribution in [0.15, 0.2) is 18.2 Å². The molecule has 5 heteroatoms. The van der Waals surface area contributed by atoms with Gasteiger partial charge in [0.05, 0.1) is 6.42 Å². The molecule has 1 unspecified atom stereocenters. The Bertz CT molecular complexity index is 376. The minimum absolute atomic E-state index is 0.205. The summed E-state index contributed by atoms with van der Waals surface area (Å²) in [5.74, 6) is -2.41. The Morgan fingerprint density at radius 3 is 2.41 bits per heavy atom. The first kappa shape index (κ1) is 13.6. The summed E-state index contributed by atoms with van der Waals surface area (Å²) in [4.78, 5) is 10.7. The van der Waals surface area contributed by atoms with Crippen LogP contribution in [0.1, 0.15) is 31.4 Å². The zero-order valence-corrected chi connectivity index (χ0v) is 9.54. The maximum atomic E-state index is 13.0. The van der Waals surface area contributed by atoms with Gasteiger partial charge in [-0.3, -0.25) is 4.79 Å². The van der Waals surface area contributed by atoms with Crippen LogP contribution in [0.5, 0.6) is 0 Å². The molecule has 0 bridgehead atoms. The number of aliphatic carboxylic acids is 1. The lowest BCUT2D eigenvalue weighted by Crippen LogP contribution is -2.24. The highest BCUT2D eigenvalue weighted by Gasteiger charge is 2.16. The number of carboxylic acids is 1. The second-order valence-corrected chi connectivity index (χ2v) is 3.81. The van der Waals surface area contributed by atoms with Gasteiger partial charge in [0, 0.05) is 12.1 Å². The normalized spacial score (nSPS) is 12.4. The Kier molecular flexibility index (Phi) is 5.03.